The number of amides is 1. The van der Waals surface area contributed by atoms with Crippen LogP contribution < -0.4 is 0 Å². The van der Waals surface area contributed by atoms with Crippen molar-refractivity contribution in [1.29, 1.82) is 0 Å². The zero-order valence-electron chi connectivity index (χ0n) is 12.8. The van der Waals surface area contributed by atoms with Gasteiger partial charge in [0.1, 0.15) is 16.8 Å². The van der Waals surface area contributed by atoms with Crippen LogP contribution in [0.3, 0.4) is 0 Å². The first-order chi connectivity index (χ1) is 9.80. The topological polar surface area (TPSA) is 67.6 Å². The Morgan fingerprint density at radius 3 is 2.62 bits per heavy atom. The first-order valence-corrected chi connectivity index (χ1v) is 9.32. The molecule has 21 heavy (non-hydrogen) atoms. The molecule has 1 amide bonds. The van der Waals surface area contributed by atoms with Crippen molar-refractivity contribution in [3.8, 4) is 0 Å². The summed E-state index contributed by atoms with van der Waals surface area (Å²) in [7, 11) is -3.39. The average molecular weight is 313 g/mol. The molecule has 5 nitrogen and oxygen atoms in total. The second-order valence-corrected chi connectivity index (χ2v) is 8.18. The number of aryl methyl sites for hydroxylation is 1. The van der Waals surface area contributed by atoms with Crippen molar-refractivity contribution in [2.75, 3.05) is 12.8 Å². The molecule has 0 spiro atoms. The van der Waals surface area contributed by atoms with Crippen molar-refractivity contribution in [3.05, 3.63) is 23.7 Å². The maximum Gasteiger partial charge on any atom is 0.241 e. The van der Waals surface area contributed by atoms with Crippen molar-refractivity contribution in [2.24, 2.45) is 0 Å². The number of hydrogen-bond donors (Lipinski definition) is 0. The molecule has 0 saturated carbocycles. The van der Waals surface area contributed by atoms with E-state index in [1.54, 1.807) is 4.90 Å². The van der Waals surface area contributed by atoms with E-state index < -0.39 is 15.1 Å². The molecule has 2 heterocycles. The van der Waals surface area contributed by atoms with Crippen molar-refractivity contribution in [1.82, 2.24) is 4.90 Å². The van der Waals surface area contributed by atoms with E-state index in [9.17, 15) is 13.2 Å². The van der Waals surface area contributed by atoms with Gasteiger partial charge in [-0.15, -0.1) is 0 Å². The summed E-state index contributed by atoms with van der Waals surface area (Å²) in [4.78, 5) is 14.3. The lowest BCUT2D eigenvalue weighted by Gasteiger charge is -2.30. The summed E-state index contributed by atoms with van der Waals surface area (Å²) < 4.78 is 29.0. The fourth-order valence-electron chi connectivity index (χ4n) is 2.72. The Bertz CT molecular complexity index is 605. The fraction of sp³-hybridized carbons (Fsp3) is 0.667. The van der Waals surface area contributed by atoms with Gasteiger partial charge in [-0.05, 0) is 38.8 Å². The Morgan fingerprint density at radius 1 is 1.33 bits per heavy atom. The van der Waals surface area contributed by atoms with Gasteiger partial charge in [0.2, 0.25) is 5.91 Å². The molecule has 1 saturated heterocycles. The van der Waals surface area contributed by atoms with Gasteiger partial charge in [0.05, 0.1) is 6.04 Å². The highest BCUT2D eigenvalue weighted by atomic mass is 32.2. The van der Waals surface area contributed by atoms with Crippen LogP contribution in [0.25, 0.3) is 0 Å². The maximum absolute atomic E-state index is 12.6. The summed E-state index contributed by atoms with van der Waals surface area (Å²) in [6.45, 7) is 3.92. The molecule has 0 radical (unpaired) electrons. The molecule has 1 aliphatic heterocycles. The van der Waals surface area contributed by atoms with Gasteiger partial charge in [0.25, 0.3) is 0 Å². The maximum atomic E-state index is 12.6. The Morgan fingerprint density at radius 2 is 2.05 bits per heavy atom. The number of carbonyl (C=O) groups is 1. The van der Waals surface area contributed by atoms with Gasteiger partial charge in [-0.3, -0.25) is 4.79 Å². The average Bonchev–Trinajstić information content (AvgIpc) is 2.70. The minimum atomic E-state index is -3.39. The van der Waals surface area contributed by atoms with Crippen molar-refractivity contribution < 1.29 is 17.6 Å². The van der Waals surface area contributed by atoms with E-state index in [1.165, 1.54) is 6.92 Å². The monoisotopic (exact) mass is 313 g/mol. The highest BCUT2D eigenvalue weighted by Gasteiger charge is 2.34. The molecule has 1 aromatic rings. The SMILES string of the molecule is Cc1ccc([C@H]2CCCCCN2C(=O)[C@H](C)S(C)(=O)=O)o1. The minimum absolute atomic E-state index is 0.155. The summed E-state index contributed by atoms with van der Waals surface area (Å²) in [5, 5.41) is -1.01. The second-order valence-electron chi connectivity index (χ2n) is 5.82. The molecule has 6 heteroatoms. The van der Waals surface area contributed by atoms with Gasteiger partial charge < -0.3 is 9.32 Å². The van der Waals surface area contributed by atoms with Gasteiger partial charge in [-0.1, -0.05) is 12.8 Å². The van der Waals surface area contributed by atoms with Crippen LogP contribution in [-0.4, -0.2) is 37.3 Å². The van der Waals surface area contributed by atoms with Crippen molar-refractivity contribution in [2.45, 2.75) is 50.8 Å². The molecule has 0 N–H and O–H groups in total. The summed E-state index contributed by atoms with van der Waals surface area (Å²) in [6, 6.07) is 3.61. The molecule has 1 fully saturated rings. The summed E-state index contributed by atoms with van der Waals surface area (Å²) in [6.07, 6.45) is 4.89. The van der Waals surface area contributed by atoms with Gasteiger partial charge in [0, 0.05) is 12.8 Å². The number of nitrogens with zero attached hydrogens (tertiary/aromatic N) is 1. The van der Waals surface area contributed by atoms with Crippen LogP contribution in [0.15, 0.2) is 16.5 Å². The van der Waals surface area contributed by atoms with Crippen molar-refractivity contribution in [3.63, 3.8) is 0 Å². The number of carbonyl (C=O) groups excluding carboxylic acids is 1. The molecule has 118 valence electrons. The van der Waals surface area contributed by atoms with Gasteiger partial charge in [-0.2, -0.15) is 0 Å². The third-order valence-electron chi connectivity index (χ3n) is 4.12. The Hall–Kier alpha value is -1.30. The van der Waals surface area contributed by atoms with Crippen LogP contribution >= 0.6 is 0 Å². The number of furan rings is 1. The Labute approximate surface area is 126 Å². The lowest BCUT2D eigenvalue weighted by Crippen LogP contribution is -2.43. The lowest BCUT2D eigenvalue weighted by molar-refractivity contribution is -0.133. The summed E-state index contributed by atoms with van der Waals surface area (Å²) >= 11 is 0. The summed E-state index contributed by atoms with van der Waals surface area (Å²) in [5.41, 5.74) is 0. The predicted octanol–water partition coefficient (Wildman–Crippen LogP) is 2.46. The van der Waals surface area contributed by atoms with E-state index >= 15 is 0 Å². The quantitative estimate of drug-likeness (QED) is 0.859. The molecule has 0 bridgehead atoms. The van der Waals surface area contributed by atoms with E-state index in [0.717, 1.165) is 43.5 Å². The molecule has 1 aliphatic rings. The van der Waals surface area contributed by atoms with Crippen LogP contribution in [0.5, 0.6) is 0 Å². The van der Waals surface area contributed by atoms with Crippen LogP contribution in [-0.2, 0) is 14.6 Å². The van der Waals surface area contributed by atoms with Gasteiger partial charge >= 0.3 is 0 Å². The highest BCUT2D eigenvalue weighted by molar-refractivity contribution is 7.92. The molecular formula is C15H23NO4S. The smallest absolute Gasteiger partial charge is 0.241 e. The van der Waals surface area contributed by atoms with Crippen LogP contribution in [0.2, 0.25) is 0 Å². The minimum Gasteiger partial charge on any atom is -0.464 e. The molecule has 0 aromatic carbocycles. The zero-order valence-corrected chi connectivity index (χ0v) is 13.6. The molecule has 0 aliphatic carbocycles. The predicted molar refractivity (Wildman–Crippen MR) is 80.7 cm³/mol. The van der Waals surface area contributed by atoms with E-state index in [0.29, 0.717) is 6.54 Å². The molecular weight excluding hydrogens is 290 g/mol. The molecule has 0 unspecified atom stereocenters. The van der Waals surface area contributed by atoms with E-state index in [1.807, 2.05) is 19.1 Å². The highest BCUT2D eigenvalue weighted by Crippen LogP contribution is 2.32. The summed E-state index contributed by atoms with van der Waals surface area (Å²) in [5.74, 6) is 1.24. The van der Waals surface area contributed by atoms with Crippen LogP contribution in [0.4, 0.5) is 0 Å². The van der Waals surface area contributed by atoms with Gasteiger partial charge in [0.15, 0.2) is 9.84 Å². The fourth-order valence-corrected chi connectivity index (χ4v) is 3.22. The Balaban J connectivity index is 2.30. The lowest BCUT2D eigenvalue weighted by atomic mass is 10.1. The number of likely N-dealkylation sites (tertiary alicyclic amines) is 1. The molecule has 2 rings (SSSR count). The standard InChI is InChI=1S/C15H23NO4S/c1-11-8-9-14(20-11)13-7-5-4-6-10-16(13)15(17)12(2)21(3,18)19/h8-9,12-13H,4-7,10H2,1-3H3/t12-,13+/m0/s1. The van der Waals surface area contributed by atoms with Crippen LogP contribution in [0.1, 0.15) is 50.2 Å². The normalized spacial score (nSPS) is 21.9. The largest absolute Gasteiger partial charge is 0.464 e. The third-order valence-corrected chi connectivity index (χ3v) is 5.60. The number of rotatable bonds is 3. The Kier molecular flexibility index (Phi) is 4.76. The number of sulfone groups is 1. The molecule has 1 aromatic heterocycles. The van der Waals surface area contributed by atoms with E-state index in [-0.39, 0.29) is 11.9 Å². The first kappa shape index (κ1) is 16.1. The number of hydrogen-bond acceptors (Lipinski definition) is 4. The molecule has 2 atom stereocenters. The zero-order chi connectivity index (χ0) is 15.6. The second kappa shape index (κ2) is 6.22. The van der Waals surface area contributed by atoms with Gasteiger partial charge in [-0.25, -0.2) is 8.42 Å². The van der Waals surface area contributed by atoms with E-state index in [4.69, 9.17) is 4.42 Å². The van der Waals surface area contributed by atoms with E-state index in [2.05, 4.69) is 0 Å². The third kappa shape index (κ3) is 3.67. The van der Waals surface area contributed by atoms with Crippen LogP contribution in [0, 0.1) is 6.92 Å². The van der Waals surface area contributed by atoms with Crippen molar-refractivity contribution >= 4 is 15.7 Å². The first-order valence-electron chi connectivity index (χ1n) is 7.36.